The highest BCUT2D eigenvalue weighted by Crippen LogP contribution is 2.41. The third-order valence-corrected chi connectivity index (χ3v) is 4.56. The van der Waals surface area contributed by atoms with Gasteiger partial charge < -0.3 is 19.9 Å². The van der Waals surface area contributed by atoms with Crippen LogP contribution in [0.1, 0.15) is 38.7 Å². The fourth-order valence-corrected chi connectivity index (χ4v) is 3.45. The number of carbonyl (C=O) groups excluding carboxylic acids is 1. The molecule has 0 unspecified atom stereocenters. The second kappa shape index (κ2) is 6.34. The van der Waals surface area contributed by atoms with Crippen molar-refractivity contribution in [3.05, 3.63) is 23.8 Å². The van der Waals surface area contributed by atoms with E-state index < -0.39 is 5.97 Å². The van der Waals surface area contributed by atoms with Gasteiger partial charge in [0.2, 0.25) is 0 Å². The summed E-state index contributed by atoms with van der Waals surface area (Å²) < 4.78 is 11.5. The molecule has 1 aromatic carbocycles. The highest BCUT2D eigenvalue weighted by Gasteiger charge is 2.33. The van der Waals surface area contributed by atoms with Crippen molar-refractivity contribution >= 4 is 11.9 Å². The van der Waals surface area contributed by atoms with Gasteiger partial charge in [-0.1, -0.05) is 12.1 Å². The number of nitrogens with one attached hydrogen (secondary N) is 1. The molecule has 0 spiro atoms. The zero-order valence-electron chi connectivity index (χ0n) is 14.0. The summed E-state index contributed by atoms with van der Waals surface area (Å²) >= 11 is 0. The predicted molar refractivity (Wildman–Crippen MR) is 87.3 cm³/mol. The number of rotatable bonds is 5. The lowest BCUT2D eigenvalue weighted by Crippen LogP contribution is -2.36. The second-order valence-electron chi connectivity index (χ2n) is 7.18. The van der Waals surface area contributed by atoms with Crippen molar-refractivity contribution in [2.45, 2.75) is 51.2 Å². The molecule has 1 saturated carbocycles. The van der Waals surface area contributed by atoms with Gasteiger partial charge in [-0.25, -0.2) is 0 Å². The first-order valence-corrected chi connectivity index (χ1v) is 8.30. The van der Waals surface area contributed by atoms with Crippen LogP contribution in [-0.2, 0) is 16.0 Å². The highest BCUT2D eigenvalue weighted by atomic mass is 16.5. The topological polar surface area (TPSA) is 84.9 Å². The van der Waals surface area contributed by atoms with Crippen LogP contribution in [0.4, 0.5) is 0 Å². The van der Waals surface area contributed by atoms with Gasteiger partial charge in [-0.3, -0.25) is 9.59 Å². The minimum atomic E-state index is -0.789. The number of fused-ring (bicyclic) bond motifs is 1. The molecule has 1 fully saturated rings. The molecule has 1 heterocycles. The Kier molecular flexibility index (Phi) is 4.39. The van der Waals surface area contributed by atoms with Crippen LogP contribution in [0.3, 0.4) is 0 Å². The van der Waals surface area contributed by atoms with Crippen molar-refractivity contribution in [3.8, 4) is 11.5 Å². The van der Waals surface area contributed by atoms with E-state index in [1.807, 2.05) is 26.0 Å². The smallest absolute Gasteiger partial charge is 0.306 e. The molecule has 0 aromatic heterocycles. The van der Waals surface area contributed by atoms with Crippen LogP contribution in [0.15, 0.2) is 18.2 Å². The maximum absolute atomic E-state index is 12.1. The number of carboxylic acid groups (broad SMARTS) is 1. The Hall–Kier alpha value is -2.24. The lowest BCUT2D eigenvalue weighted by atomic mass is 10.0. The standard InChI is InChI=1S/C18H23NO5/c1-18(2)9-12-4-3-5-14(16(12)24-18)23-10-15(20)19-13-7-6-11(8-13)17(21)22/h3-5,11,13H,6-10H2,1-2H3,(H,19,20)(H,21,22)/t11-,13+/m0/s1. The number of hydrogen-bond acceptors (Lipinski definition) is 4. The van der Waals surface area contributed by atoms with E-state index in [4.69, 9.17) is 14.6 Å². The Balaban J connectivity index is 1.53. The molecule has 1 amide bonds. The normalized spacial score (nSPS) is 24.1. The lowest BCUT2D eigenvalue weighted by Gasteiger charge is -2.18. The van der Waals surface area contributed by atoms with Gasteiger partial charge in [-0.2, -0.15) is 0 Å². The fourth-order valence-electron chi connectivity index (χ4n) is 3.45. The van der Waals surface area contributed by atoms with Gasteiger partial charge in [0.15, 0.2) is 18.1 Å². The first-order valence-electron chi connectivity index (χ1n) is 8.30. The summed E-state index contributed by atoms with van der Waals surface area (Å²) in [5.74, 6) is -0.0991. The molecule has 0 saturated heterocycles. The van der Waals surface area contributed by atoms with E-state index in [-0.39, 0.29) is 30.1 Å². The number of amides is 1. The summed E-state index contributed by atoms with van der Waals surface area (Å²) in [7, 11) is 0. The number of para-hydroxylation sites is 1. The summed E-state index contributed by atoms with van der Waals surface area (Å²) in [4.78, 5) is 23.0. The van der Waals surface area contributed by atoms with Crippen LogP contribution in [-0.4, -0.2) is 35.2 Å². The third-order valence-electron chi connectivity index (χ3n) is 4.56. The minimum Gasteiger partial charge on any atom is -0.483 e. The Bertz CT molecular complexity index is 655. The van der Waals surface area contributed by atoms with E-state index in [2.05, 4.69) is 5.32 Å². The Morgan fingerprint density at radius 1 is 1.38 bits per heavy atom. The van der Waals surface area contributed by atoms with E-state index in [0.717, 1.165) is 12.0 Å². The molecule has 6 heteroatoms. The maximum atomic E-state index is 12.1. The minimum absolute atomic E-state index is 0.0844. The van der Waals surface area contributed by atoms with Crippen molar-refractivity contribution in [1.29, 1.82) is 0 Å². The van der Waals surface area contributed by atoms with Crippen LogP contribution >= 0.6 is 0 Å². The van der Waals surface area contributed by atoms with Gasteiger partial charge in [-0.05, 0) is 39.2 Å². The first kappa shape index (κ1) is 16.6. The molecule has 2 N–H and O–H groups in total. The number of hydrogen-bond donors (Lipinski definition) is 2. The first-order chi connectivity index (χ1) is 11.3. The van der Waals surface area contributed by atoms with Crippen LogP contribution in [0.2, 0.25) is 0 Å². The molecule has 0 bridgehead atoms. The van der Waals surface area contributed by atoms with E-state index in [0.29, 0.717) is 30.8 Å². The summed E-state index contributed by atoms with van der Waals surface area (Å²) in [6.45, 7) is 3.93. The van der Waals surface area contributed by atoms with Crippen LogP contribution in [0.5, 0.6) is 11.5 Å². The number of ether oxygens (including phenoxy) is 2. The number of carbonyl (C=O) groups is 2. The van der Waals surface area contributed by atoms with E-state index >= 15 is 0 Å². The van der Waals surface area contributed by atoms with E-state index in [1.54, 1.807) is 6.07 Å². The van der Waals surface area contributed by atoms with Gasteiger partial charge in [0.05, 0.1) is 5.92 Å². The summed E-state index contributed by atoms with van der Waals surface area (Å²) in [6, 6.07) is 5.61. The van der Waals surface area contributed by atoms with Gasteiger partial charge in [0.1, 0.15) is 5.60 Å². The van der Waals surface area contributed by atoms with E-state index in [9.17, 15) is 9.59 Å². The summed E-state index contributed by atoms with van der Waals surface area (Å²) in [5, 5.41) is 11.8. The molecular formula is C18H23NO5. The van der Waals surface area contributed by atoms with E-state index in [1.165, 1.54) is 0 Å². The Labute approximate surface area is 141 Å². The molecule has 1 aliphatic heterocycles. The van der Waals surface area contributed by atoms with Crippen molar-refractivity contribution in [2.24, 2.45) is 5.92 Å². The molecule has 6 nitrogen and oxygen atoms in total. The van der Waals surface area contributed by atoms with Gasteiger partial charge in [0, 0.05) is 18.0 Å². The van der Waals surface area contributed by atoms with Gasteiger partial charge in [-0.15, -0.1) is 0 Å². The summed E-state index contributed by atoms with van der Waals surface area (Å²) in [6.07, 6.45) is 2.60. The molecule has 1 aromatic rings. The van der Waals surface area contributed by atoms with Crippen molar-refractivity contribution < 1.29 is 24.2 Å². The second-order valence-corrected chi connectivity index (χ2v) is 7.18. The molecular weight excluding hydrogens is 310 g/mol. The van der Waals surface area contributed by atoms with Crippen molar-refractivity contribution in [1.82, 2.24) is 5.32 Å². The largest absolute Gasteiger partial charge is 0.483 e. The number of aliphatic carboxylic acids is 1. The molecule has 24 heavy (non-hydrogen) atoms. The van der Waals surface area contributed by atoms with Gasteiger partial charge in [0.25, 0.3) is 5.91 Å². The van der Waals surface area contributed by atoms with Crippen LogP contribution in [0.25, 0.3) is 0 Å². The predicted octanol–water partition coefficient (Wildman–Crippen LogP) is 2.15. The molecule has 1 aliphatic carbocycles. The average molecular weight is 333 g/mol. The van der Waals surface area contributed by atoms with Crippen molar-refractivity contribution in [3.63, 3.8) is 0 Å². The molecule has 130 valence electrons. The van der Waals surface area contributed by atoms with Crippen LogP contribution < -0.4 is 14.8 Å². The number of benzene rings is 1. The highest BCUT2D eigenvalue weighted by molar-refractivity contribution is 5.78. The van der Waals surface area contributed by atoms with Crippen LogP contribution in [0, 0.1) is 5.92 Å². The quantitative estimate of drug-likeness (QED) is 0.862. The zero-order valence-corrected chi connectivity index (χ0v) is 14.0. The molecule has 0 radical (unpaired) electrons. The fraction of sp³-hybridized carbons (Fsp3) is 0.556. The SMILES string of the molecule is CC1(C)Cc2cccc(OCC(=O)N[C@@H]3CC[C@H](C(=O)O)C3)c2O1. The monoisotopic (exact) mass is 333 g/mol. The van der Waals surface area contributed by atoms with Gasteiger partial charge >= 0.3 is 5.97 Å². The Morgan fingerprint density at radius 2 is 2.17 bits per heavy atom. The average Bonchev–Trinajstić information content (AvgIpc) is 3.07. The summed E-state index contributed by atoms with van der Waals surface area (Å²) in [5.41, 5.74) is 0.817. The van der Waals surface area contributed by atoms with Crippen molar-refractivity contribution in [2.75, 3.05) is 6.61 Å². The molecule has 2 atom stereocenters. The zero-order chi connectivity index (χ0) is 17.3. The lowest BCUT2D eigenvalue weighted by molar-refractivity contribution is -0.141. The maximum Gasteiger partial charge on any atom is 0.306 e. The molecule has 2 aliphatic rings. The number of carboxylic acids is 1. The molecule has 3 rings (SSSR count). The third kappa shape index (κ3) is 3.63. The Morgan fingerprint density at radius 3 is 2.88 bits per heavy atom.